The van der Waals surface area contributed by atoms with Crippen LogP contribution in [0.4, 0.5) is 4.79 Å². The highest BCUT2D eigenvalue weighted by Crippen LogP contribution is 2.25. The number of carboxylic acid groups (broad SMARTS) is 1. The van der Waals surface area contributed by atoms with Gasteiger partial charge in [0.2, 0.25) is 17.6 Å². The maximum Gasteiger partial charge on any atom is 0.408 e. The van der Waals surface area contributed by atoms with Crippen molar-refractivity contribution < 1.29 is 23.9 Å². The summed E-state index contributed by atoms with van der Waals surface area (Å²) >= 11 is 0. The first-order valence-corrected chi connectivity index (χ1v) is 10.2. The Morgan fingerprint density at radius 3 is 2.42 bits per heavy atom. The summed E-state index contributed by atoms with van der Waals surface area (Å²) in [6.45, 7) is 5.38. The topological polar surface area (TPSA) is 137 Å². The Bertz CT molecular complexity index is 950. The van der Waals surface area contributed by atoms with E-state index in [1.165, 1.54) is 6.07 Å². The van der Waals surface area contributed by atoms with E-state index in [4.69, 9.17) is 9.68 Å². The molecule has 3 atom stereocenters. The number of hydrogen-bond donors (Lipinski definition) is 1. The monoisotopic (exact) mass is 426 g/mol. The molecular formula is C22H26N4O5. The van der Waals surface area contributed by atoms with Crippen LogP contribution in [-0.2, 0) is 16.0 Å². The Labute approximate surface area is 180 Å². The van der Waals surface area contributed by atoms with E-state index in [0.29, 0.717) is 25.2 Å². The first-order chi connectivity index (χ1) is 14.8. The molecule has 1 amide bonds. The molecule has 1 unspecified atom stereocenters. The lowest BCUT2D eigenvalue weighted by molar-refractivity contribution is -0.138. The fraction of sp³-hybridized carbons (Fsp3) is 0.455. The van der Waals surface area contributed by atoms with E-state index in [0.717, 1.165) is 10.5 Å². The fourth-order valence-electron chi connectivity index (χ4n) is 3.64. The number of nitriles is 1. The number of rotatable bonds is 11. The largest absolute Gasteiger partial charge is 0.465 e. The summed E-state index contributed by atoms with van der Waals surface area (Å²) < 4.78 is 5.70. The molecule has 2 rings (SSSR count). The predicted molar refractivity (Wildman–Crippen MR) is 111 cm³/mol. The molecule has 9 heteroatoms. The summed E-state index contributed by atoms with van der Waals surface area (Å²) in [5.41, 5.74) is 0.730. The van der Waals surface area contributed by atoms with Crippen molar-refractivity contribution in [3.63, 3.8) is 0 Å². The molecule has 31 heavy (non-hydrogen) atoms. The molecule has 164 valence electrons. The molecule has 0 saturated heterocycles. The Hall–Kier alpha value is -3.54. The van der Waals surface area contributed by atoms with Crippen molar-refractivity contribution in [3.8, 4) is 17.5 Å². The third-order valence-corrected chi connectivity index (χ3v) is 5.16. The molecule has 1 aromatic carbocycles. The van der Waals surface area contributed by atoms with Gasteiger partial charge in [0.05, 0.1) is 0 Å². The summed E-state index contributed by atoms with van der Waals surface area (Å²) in [5.74, 6) is -2.18. The van der Waals surface area contributed by atoms with Gasteiger partial charge in [-0.1, -0.05) is 45.4 Å². The molecule has 9 nitrogen and oxygen atoms in total. The van der Waals surface area contributed by atoms with Crippen molar-refractivity contribution in [2.75, 3.05) is 0 Å². The number of benzene rings is 1. The maximum atomic E-state index is 12.7. The Balaban J connectivity index is 2.36. The lowest BCUT2D eigenvalue weighted by atomic mass is 9.89. The van der Waals surface area contributed by atoms with Crippen molar-refractivity contribution in [2.24, 2.45) is 5.92 Å². The van der Waals surface area contributed by atoms with Gasteiger partial charge in [0.1, 0.15) is 12.1 Å². The highest BCUT2D eigenvalue weighted by molar-refractivity contribution is 6.45. The summed E-state index contributed by atoms with van der Waals surface area (Å²) in [4.78, 5) is 37.7. The lowest BCUT2D eigenvalue weighted by Gasteiger charge is -2.36. The highest BCUT2D eigenvalue weighted by Gasteiger charge is 2.41. The van der Waals surface area contributed by atoms with E-state index in [1.807, 2.05) is 37.3 Å². The SMILES string of the molecule is CCCC(C)[C@@H](C(=O)C(=O)C#N)N(C(=O)O)[C@H](CC)Cc1nnc(-c2ccccc2)o1. The number of carbonyl (C=O) groups excluding carboxylic acids is 2. The Morgan fingerprint density at radius 2 is 1.87 bits per heavy atom. The first kappa shape index (κ1) is 23.7. The summed E-state index contributed by atoms with van der Waals surface area (Å²) in [6.07, 6.45) is 0.292. The molecule has 1 heterocycles. The summed E-state index contributed by atoms with van der Waals surface area (Å²) in [6, 6.07) is 8.51. The zero-order valence-electron chi connectivity index (χ0n) is 17.8. The zero-order chi connectivity index (χ0) is 23.0. The number of aromatic nitrogens is 2. The number of amides is 1. The molecule has 0 aliphatic heterocycles. The van der Waals surface area contributed by atoms with Gasteiger partial charge in [0.25, 0.3) is 5.78 Å². The molecule has 0 aliphatic rings. The van der Waals surface area contributed by atoms with E-state index >= 15 is 0 Å². The van der Waals surface area contributed by atoms with Crippen molar-refractivity contribution in [1.82, 2.24) is 15.1 Å². The van der Waals surface area contributed by atoms with Crippen LogP contribution in [0.2, 0.25) is 0 Å². The number of nitrogens with zero attached hydrogens (tertiary/aromatic N) is 4. The first-order valence-electron chi connectivity index (χ1n) is 10.2. The normalized spacial score (nSPS) is 13.6. The highest BCUT2D eigenvalue weighted by atomic mass is 16.4. The molecule has 0 aliphatic carbocycles. The second-order valence-electron chi connectivity index (χ2n) is 7.34. The minimum Gasteiger partial charge on any atom is -0.465 e. The second kappa shape index (κ2) is 11.0. The van der Waals surface area contributed by atoms with Crippen LogP contribution in [0.15, 0.2) is 34.7 Å². The molecule has 2 aromatic rings. The average Bonchev–Trinajstić information content (AvgIpc) is 3.24. The van der Waals surface area contributed by atoms with E-state index < -0.39 is 35.7 Å². The van der Waals surface area contributed by atoms with Gasteiger partial charge in [-0.15, -0.1) is 10.2 Å². The van der Waals surface area contributed by atoms with Crippen molar-refractivity contribution in [3.05, 3.63) is 36.2 Å². The standard InChI is InChI=1S/C22H26N4O5/c1-4-9-14(3)19(20(28)17(27)13-23)26(22(29)30)16(5-2)12-18-24-25-21(31-18)15-10-7-6-8-11-15/h6-8,10-11,14,16,19H,4-5,9,12H2,1-3H3,(H,29,30)/t14?,16-,19+/m1/s1. The van der Waals surface area contributed by atoms with Gasteiger partial charge in [-0.25, -0.2) is 4.79 Å². The van der Waals surface area contributed by atoms with E-state index in [-0.39, 0.29) is 12.3 Å². The summed E-state index contributed by atoms with van der Waals surface area (Å²) in [5, 5.41) is 26.9. The van der Waals surface area contributed by atoms with E-state index in [1.54, 1.807) is 13.8 Å². The minimum absolute atomic E-state index is 0.0754. The van der Waals surface area contributed by atoms with Crippen molar-refractivity contribution in [1.29, 1.82) is 5.26 Å². The van der Waals surface area contributed by atoms with Crippen LogP contribution in [0.5, 0.6) is 0 Å². The van der Waals surface area contributed by atoms with Gasteiger partial charge in [-0.3, -0.25) is 14.5 Å². The number of Topliss-reactive ketones (excluding diaryl/α,β-unsaturated/α-hetero) is 2. The third kappa shape index (κ3) is 5.75. The van der Waals surface area contributed by atoms with Crippen LogP contribution in [0.25, 0.3) is 11.5 Å². The minimum atomic E-state index is -1.35. The molecule has 0 fully saturated rings. The van der Waals surface area contributed by atoms with Gasteiger partial charge in [0.15, 0.2) is 0 Å². The predicted octanol–water partition coefficient (Wildman–Crippen LogP) is 3.50. The molecule has 1 aromatic heterocycles. The van der Waals surface area contributed by atoms with Gasteiger partial charge >= 0.3 is 6.09 Å². The lowest BCUT2D eigenvalue weighted by Crippen LogP contribution is -2.55. The molecule has 0 spiro atoms. The zero-order valence-corrected chi connectivity index (χ0v) is 17.8. The van der Waals surface area contributed by atoms with Crippen molar-refractivity contribution >= 4 is 17.7 Å². The van der Waals surface area contributed by atoms with Crippen LogP contribution in [0, 0.1) is 17.2 Å². The third-order valence-electron chi connectivity index (χ3n) is 5.16. The van der Waals surface area contributed by atoms with Crippen molar-refractivity contribution in [2.45, 2.75) is 58.5 Å². The second-order valence-corrected chi connectivity index (χ2v) is 7.34. The van der Waals surface area contributed by atoms with Crippen LogP contribution < -0.4 is 0 Å². The molecule has 0 radical (unpaired) electrons. The van der Waals surface area contributed by atoms with Crippen LogP contribution in [-0.4, -0.2) is 49.9 Å². The van der Waals surface area contributed by atoms with Crippen LogP contribution in [0.3, 0.4) is 0 Å². The molecular weight excluding hydrogens is 400 g/mol. The number of carbonyl (C=O) groups is 3. The van der Waals surface area contributed by atoms with Crippen LogP contribution >= 0.6 is 0 Å². The van der Waals surface area contributed by atoms with E-state index in [2.05, 4.69) is 10.2 Å². The average molecular weight is 426 g/mol. The molecule has 0 saturated carbocycles. The Kier molecular flexibility index (Phi) is 8.43. The number of hydrogen-bond acceptors (Lipinski definition) is 7. The van der Waals surface area contributed by atoms with Crippen LogP contribution in [0.1, 0.15) is 45.9 Å². The van der Waals surface area contributed by atoms with E-state index in [9.17, 15) is 19.5 Å². The molecule has 0 bridgehead atoms. The van der Waals surface area contributed by atoms with Gasteiger partial charge < -0.3 is 9.52 Å². The maximum absolute atomic E-state index is 12.7. The van der Waals surface area contributed by atoms with Gasteiger partial charge in [-0.2, -0.15) is 5.26 Å². The smallest absolute Gasteiger partial charge is 0.408 e. The van der Waals surface area contributed by atoms with Gasteiger partial charge in [-0.05, 0) is 30.9 Å². The fourth-order valence-corrected chi connectivity index (χ4v) is 3.64. The quantitative estimate of drug-likeness (QED) is 0.426. The number of ketones is 2. The summed E-state index contributed by atoms with van der Waals surface area (Å²) in [7, 11) is 0. The Morgan fingerprint density at radius 1 is 1.19 bits per heavy atom. The molecule has 1 N–H and O–H groups in total. The van der Waals surface area contributed by atoms with Gasteiger partial charge in [0, 0.05) is 18.0 Å².